The molecule has 2 heterocycles. The monoisotopic (exact) mass is 800 g/mol. The largest absolute Gasteiger partial charge is 0.396 e. The molecule has 56 heavy (non-hydrogen) atoms. The van der Waals surface area contributed by atoms with Crippen LogP contribution in [0.1, 0.15) is 106 Å². The van der Waals surface area contributed by atoms with Crippen LogP contribution >= 0.6 is 0 Å². The van der Waals surface area contributed by atoms with E-state index in [0.717, 1.165) is 31.3 Å². The highest BCUT2D eigenvalue weighted by atomic mass is 16.7. The summed E-state index contributed by atoms with van der Waals surface area (Å²) in [6, 6.07) is 0. The third-order valence-corrected chi connectivity index (χ3v) is 16.7. The Labute approximate surface area is 331 Å². The van der Waals surface area contributed by atoms with E-state index < -0.39 is 97.8 Å². The minimum Gasteiger partial charge on any atom is -0.396 e. The Hall–Kier alpha value is -0.820. The maximum absolute atomic E-state index is 12.4. The first-order chi connectivity index (χ1) is 26.1. The lowest BCUT2D eigenvalue weighted by molar-refractivity contribution is -0.350. The van der Waals surface area contributed by atoms with Gasteiger partial charge in [-0.05, 0) is 118 Å². The van der Waals surface area contributed by atoms with Crippen molar-refractivity contribution in [3.8, 4) is 0 Å². The van der Waals surface area contributed by atoms with E-state index in [2.05, 4.69) is 33.8 Å². The van der Waals surface area contributed by atoms with Gasteiger partial charge in [0.1, 0.15) is 48.8 Å². The fourth-order valence-corrected chi connectivity index (χ4v) is 13.2. The Kier molecular flexibility index (Phi) is 13.0. The van der Waals surface area contributed by atoms with Crippen molar-refractivity contribution in [2.45, 2.75) is 185 Å². The van der Waals surface area contributed by atoms with Crippen LogP contribution in [0.3, 0.4) is 0 Å². The van der Waals surface area contributed by atoms with Gasteiger partial charge in [0, 0.05) is 12.0 Å². The summed E-state index contributed by atoms with van der Waals surface area (Å²) in [6.07, 6.45) is -8.04. The maximum Gasteiger partial charge on any atom is 0.187 e. The normalized spacial score (nSPS) is 51.3. The zero-order chi connectivity index (χ0) is 41.3. The highest BCUT2D eigenvalue weighted by molar-refractivity contribution is 5.21. The second kappa shape index (κ2) is 16.2. The van der Waals surface area contributed by atoms with Crippen molar-refractivity contribution in [2.24, 2.45) is 45.3 Å². The van der Waals surface area contributed by atoms with Crippen LogP contribution in [0.5, 0.6) is 0 Å². The lowest BCUT2D eigenvalue weighted by Crippen LogP contribution is -2.68. The Morgan fingerprint density at radius 3 is 1.96 bits per heavy atom. The van der Waals surface area contributed by atoms with Crippen LogP contribution in [-0.4, -0.2) is 150 Å². The number of aliphatic hydroxyl groups excluding tert-OH is 10. The first kappa shape index (κ1) is 44.7. The minimum atomic E-state index is -1.70. The number of aliphatic hydroxyl groups is 10. The Bertz CT molecular complexity index is 1390. The van der Waals surface area contributed by atoms with Gasteiger partial charge in [-0.1, -0.05) is 39.3 Å². The van der Waals surface area contributed by atoms with E-state index in [9.17, 15) is 51.1 Å². The van der Waals surface area contributed by atoms with Crippen LogP contribution in [0.4, 0.5) is 0 Å². The fraction of sp³-hybridized carbons (Fsp3) is 0.952. The quantitative estimate of drug-likeness (QED) is 0.132. The van der Waals surface area contributed by atoms with Gasteiger partial charge in [-0.25, -0.2) is 0 Å². The van der Waals surface area contributed by atoms with Crippen LogP contribution in [0.15, 0.2) is 11.6 Å². The van der Waals surface area contributed by atoms with Crippen LogP contribution in [0.2, 0.25) is 0 Å². The van der Waals surface area contributed by atoms with Gasteiger partial charge in [-0.3, -0.25) is 0 Å². The summed E-state index contributed by atoms with van der Waals surface area (Å²) in [4.78, 5) is 0. The van der Waals surface area contributed by atoms with Crippen molar-refractivity contribution in [3.05, 3.63) is 11.6 Å². The smallest absolute Gasteiger partial charge is 0.187 e. The molecule has 0 aromatic rings. The zero-order valence-corrected chi connectivity index (χ0v) is 34.4. The van der Waals surface area contributed by atoms with Crippen molar-refractivity contribution in [1.29, 1.82) is 0 Å². The van der Waals surface area contributed by atoms with Gasteiger partial charge in [0.25, 0.3) is 0 Å². The van der Waals surface area contributed by atoms with Gasteiger partial charge in [-0.15, -0.1) is 0 Å². The minimum absolute atomic E-state index is 0.0147. The molecule has 0 aromatic heterocycles. The number of hydrogen-bond acceptors (Lipinski definition) is 14. The average molecular weight is 801 g/mol. The molecule has 6 rings (SSSR count). The van der Waals surface area contributed by atoms with E-state index in [1.807, 2.05) is 20.8 Å². The highest BCUT2D eigenvalue weighted by Gasteiger charge is 2.72. The molecule has 4 saturated carbocycles. The third kappa shape index (κ3) is 7.16. The summed E-state index contributed by atoms with van der Waals surface area (Å²) < 4.78 is 24.2. The lowest BCUT2D eigenvalue weighted by Gasteiger charge is -2.71. The summed E-state index contributed by atoms with van der Waals surface area (Å²) >= 11 is 0. The SMILES string of the molecule is CC(C)=CCCC(C)(OC1OC(COC2OC(CO)C(O)C(O)C2O)C(O)C(O)C1O)C1CCC2(C)C1C(O)CC1C3(CO)CCC(O)C(C)(C)C3CCC12C. The number of hydrogen-bond donors (Lipinski definition) is 10. The molecule has 6 aliphatic rings. The molecule has 0 amide bonds. The fourth-order valence-electron chi connectivity index (χ4n) is 13.2. The van der Waals surface area contributed by atoms with Crippen LogP contribution in [0.25, 0.3) is 0 Å². The third-order valence-electron chi connectivity index (χ3n) is 16.7. The molecule has 14 heteroatoms. The predicted octanol–water partition coefficient (Wildman–Crippen LogP) is 1.12. The second-order valence-corrected chi connectivity index (χ2v) is 20.0. The predicted molar refractivity (Wildman–Crippen MR) is 202 cm³/mol. The standard InChI is InChI=1S/C42H72O14/c1-21(2)9-8-13-41(7,56-37-35(52)33(50)31(48)25(55-37)19-53-36-34(51)32(49)30(47)24(18-43)54-36)22-10-14-40(6)29(22)23(45)17-27-39(40,5)15-11-26-38(3,4)28(46)12-16-42(26,27)20-44/h9,22-37,43-52H,8,10-20H2,1-7H3. The molecule has 324 valence electrons. The molecule has 0 bridgehead atoms. The van der Waals surface area contributed by atoms with Crippen molar-refractivity contribution >= 4 is 0 Å². The topological polar surface area (TPSA) is 239 Å². The first-order valence-electron chi connectivity index (χ1n) is 21.0. The van der Waals surface area contributed by atoms with E-state index in [4.69, 9.17) is 18.9 Å². The van der Waals surface area contributed by atoms with E-state index >= 15 is 0 Å². The van der Waals surface area contributed by atoms with E-state index in [1.54, 1.807) is 0 Å². The van der Waals surface area contributed by atoms with Gasteiger partial charge >= 0.3 is 0 Å². The van der Waals surface area contributed by atoms with Crippen LogP contribution < -0.4 is 0 Å². The molecule has 10 N–H and O–H groups in total. The number of rotatable bonds is 11. The lowest BCUT2D eigenvalue weighted by atomic mass is 9.34. The van der Waals surface area contributed by atoms with E-state index in [1.165, 1.54) is 0 Å². The molecular weight excluding hydrogens is 728 g/mol. The molecule has 0 radical (unpaired) electrons. The molecule has 0 spiro atoms. The number of allylic oxidation sites excluding steroid dienone is 2. The Morgan fingerprint density at radius 1 is 0.732 bits per heavy atom. The Balaban J connectivity index is 1.27. The van der Waals surface area contributed by atoms with Crippen molar-refractivity contribution in [3.63, 3.8) is 0 Å². The van der Waals surface area contributed by atoms with Gasteiger partial charge < -0.3 is 70.0 Å². The van der Waals surface area contributed by atoms with Crippen LogP contribution in [-0.2, 0) is 18.9 Å². The van der Waals surface area contributed by atoms with Crippen LogP contribution in [0, 0.1) is 45.3 Å². The highest BCUT2D eigenvalue weighted by Crippen LogP contribution is 2.76. The second-order valence-electron chi connectivity index (χ2n) is 20.0. The van der Waals surface area contributed by atoms with E-state index in [-0.39, 0.29) is 46.5 Å². The molecule has 2 saturated heterocycles. The zero-order valence-electron chi connectivity index (χ0n) is 34.4. The number of ether oxygens (including phenoxy) is 4. The van der Waals surface area contributed by atoms with Crippen molar-refractivity contribution in [2.75, 3.05) is 19.8 Å². The molecule has 20 atom stereocenters. The summed E-state index contributed by atoms with van der Waals surface area (Å²) in [7, 11) is 0. The van der Waals surface area contributed by atoms with Crippen molar-refractivity contribution in [1.82, 2.24) is 0 Å². The van der Waals surface area contributed by atoms with E-state index in [0.29, 0.717) is 32.1 Å². The van der Waals surface area contributed by atoms with Gasteiger partial charge in [0.2, 0.25) is 0 Å². The first-order valence-corrected chi connectivity index (χ1v) is 21.0. The Morgan fingerprint density at radius 2 is 1.34 bits per heavy atom. The summed E-state index contributed by atoms with van der Waals surface area (Å²) in [6.45, 7) is 13.8. The summed E-state index contributed by atoms with van der Waals surface area (Å²) in [5.41, 5.74) is -1.21. The van der Waals surface area contributed by atoms with Gasteiger partial charge in [-0.2, -0.15) is 0 Å². The maximum atomic E-state index is 12.4. The average Bonchev–Trinajstić information content (AvgIpc) is 3.53. The number of fused-ring (bicyclic) bond motifs is 5. The molecular formula is C42H72O14. The molecule has 6 fully saturated rings. The van der Waals surface area contributed by atoms with Crippen molar-refractivity contribution < 1.29 is 70.0 Å². The van der Waals surface area contributed by atoms with Gasteiger partial charge in [0.05, 0.1) is 31.0 Å². The summed E-state index contributed by atoms with van der Waals surface area (Å²) in [5, 5.41) is 109. The van der Waals surface area contributed by atoms with Gasteiger partial charge in [0.15, 0.2) is 12.6 Å². The molecule has 4 aliphatic carbocycles. The molecule has 14 nitrogen and oxygen atoms in total. The molecule has 20 unspecified atom stereocenters. The summed E-state index contributed by atoms with van der Waals surface area (Å²) in [5.74, 6) is -0.227. The molecule has 2 aliphatic heterocycles. The molecule has 0 aromatic carbocycles.